The Morgan fingerprint density at radius 1 is 1.28 bits per heavy atom. The van der Waals surface area contributed by atoms with E-state index in [1.54, 1.807) is 4.90 Å². The van der Waals surface area contributed by atoms with Crippen molar-refractivity contribution < 1.29 is 9.59 Å². The van der Waals surface area contributed by atoms with Crippen molar-refractivity contribution in [2.45, 2.75) is 39.3 Å². The second-order valence-corrected chi connectivity index (χ2v) is 6.48. The van der Waals surface area contributed by atoms with Gasteiger partial charge < -0.3 is 15.5 Å². The molecule has 1 saturated heterocycles. The van der Waals surface area contributed by atoms with E-state index in [0.717, 1.165) is 19.5 Å². The summed E-state index contributed by atoms with van der Waals surface area (Å²) >= 11 is 0. The highest BCUT2D eigenvalue weighted by molar-refractivity contribution is 5.84. The van der Waals surface area contributed by atoms with E-state index in [4.69, 9.17) is 0 Å². The molecular weight excluding hydrogens is 316 g/mol. The van der Waals surface area contributed by atoms with E-state index >= 15 is 0 Å². The molecule has 25 heavy (non-hydrogen) atoms. The zero-order chi connectivity index (χ0) is 18.2. The molecule has 1 heterocycles. The Hall–Kier alpha value is -2.08. The number of nitrogens with one attached hydrogen (secondary N) is 2. The van der Waals surface area contributed by atoms with Crippen molar-refractivity contribution in [2.75, 3.05) is 32.7 Å². The van der Waals surface area contributed by atoms with E-state index in [1.807, 2.05) is 19.9 Å². The number of hydrogen-bond acceptors (Lipinski definition) is 3. The second kappa shape index (κ2) is 9.42. The average Bonchev–Trinajstić information content (AvgIpc) is 3.08. The third-order valence-corrected chi connectivity index (χ3v) is 4.75. The maximum Gasteiger partial charge on any atom is 0.318 e. The zero-order valence-corrected chi connectivity index (χ0v) is 15.5. The van der Waals surface area contributed by atoms with Crippen LogP contribution in [0.5, 0.6) is 0 Å². The van der Waals surface area contributed by atoms with Crippen molar-refractivity contribution in [3.05, 3.63) is 35.9 Å². The highest BCUT2D eigenvalue weighted by atomic mass is 16.2. The quantitative estimate of drug-likeness (QED) is 0.794. The van der Waals surface area contributed by atoms with Gasteiger partial charge in [-0.1, -0.05) is 30.3 Å². The van der Waals surface area contributed by atoms with Crippen LogP contribution in [0.3, 0.4) is 0 Å². The van der Waals surface area contributed by atoms with Crippen molar-refractivity contribution in [2.24, 2.45) is 0 Å². The standard InChI is InChI=1S/C19H30N4O2/c1-4-20-18(24)14-22(5-2)19(25)21-17-11-12-23(13-17)15(3)16-9-7-6-8-10-16/h6-10,15,17H,4-5,11-14H2,1-3H3,(H,20,24)(H,21,25)/t15-,17+/m1/s1. The van der Waals surface area contributed by atoms with Gasteiger partial charge in [-0.05, 0) is 32.8 Å². The molecule has 6 nitrogen and oxygen atoms in total. The zero-order valence-electron chi connectivity index (χ0n) is 15.5. The first-order chi connectivity index (χ1) is 12.0. The highest BCUT2D eigenvalue weighted by Gasteiger charge is 2.29. The van der Waals surface area contributed by atoms with Crippen LogP contribution in [0.15, 0.2) is 30.3 Å². The molecule has 0 aromatic heterocycles. The number of nitrogens with zero attached hydrogens (tertiary/aromatic N) is 2. The molecule has 0 bridgehead atoms. The van der Waals surface area contributed by atoms with Gasteiger partial charge in [-0.15, -0.1) is 0 Å². The maximum atomic E-state index is 12.4. The minimum absolute atomic E-state index is 0.104. The average molecular weight is 346 g/mol. The molecule has 3 amide bonds. The first kappa shape index (κ1) is 19.2. The summed E-state index contributed by atoms with van der Waals surface area (Å²) in [6.45, 7) is 8.95. The number of carbonyl (C=O) groups is 2. The van der Waals surface area contributed by atoms with Crippen molar-refractivity contribution >= 4 is 11.9 Å². The van der Waals surface area contributed by atoms with Gasteiger partial charge in [0.05, 0.1) is 0 Å². The highest BCUT2D eigenvalue weighted by Crippen LogP contribution is 2.24. The number of likely N-dealkylation sites (tertiary alicyclic amines) is 1. The summed E-state index contributed by atoms with van der Waals surface area (Å²) in [5.74, 6) is -0.120. The first-order valence-corrected chi connectivity index (χ1v) is 9.16. The molecule has 6 heteroatoms. The van der Waals surface area contributed by atoms with E-state index < -0.39 is 0 Å². The number of amides is 3. The van der Waals surface area contributed by atoms with Gasteiger partial charge in [-0.25, -0.2) is 4.79 Å². The van der Waals surface area contributed by atoms with E-state index in [1.165, 1.54) is 5.56 Å². The van der Waals surface area contributed by atoms with Crippen LogP contribution >= 0.6 is 0 Å². The lowest BCUT2D eigenvalue weighted by molar-refractivity contribution is -0.121. The van der Waals surface area contributed by atoms with E-state index in [9.17, 15) is 9.59 Å². The molecule has 0 radical (unpaired) electrons. The fourth-order valence-electron chi connectivity index (χ4n) is 3.22. The van der Waals surface area contributed by atoms with Crippen LogP contribution in [0.1, 0.15) is 38.8 Å². The van der Waals surface area contributed by atoms with Crippen molar-refractivity contribution in [3.63, 3.8) is 0 Å². The number of carbonyl (C=O) groups excluding carboxylic acids is 2. The monoisotopic (exact) mass is 346 g/mol. The van der Waals surface area contributed by atoms with Crippen LogP contribution < -0.4 is 10.6 Å². The molecule has 1 aliphatic heterocycles. The lowest BCUT2D eigenvalue weighted by Crippen LogP contribution is -2.49. The van der Waals surface area contributed by atoms with E-state index in [2.05, 4.69) is 46.7 Å². The summed E-state index contributed by atoms with van der Waals surface area (Å²) in [4.78, 5) is 28.1. The predicted octanol–water partition coefficient (Wildman–Crippen LogP) is 1.99. The Bertz CT molecular complexity index is 564. The summed E-state index contributed by atoms with van der Waals surface area (Å²) in [6.07, 6.45) is 0.932. The molecule has 1 aromatic rings. The smallest absolute Gasteiger partial charge is 0.318 e. The molecule has 2 rings (SSSR count). The molecule has 0 aliphatic carbocycles. The topological polar surface area (TPSA) is 64.7 Å². The molecule has 1 fully saturated rings. The molecular formula is C19H30N4O2. The van der Waals surface area contributed by atoms with E-state index in [-0.39, 0.29) is 24.5 Å². The summed E-state index contributed by atoms with van der Waals surface area (Å²) in [5, 5.41) is 5.81. The molecule has 1 aromatic carbocycles. The molecule has 0 spiro atoms. The fourth-order valence-corrected chi connectivity index (χ4v) is 3.22. The minimum Gasteiger partial charge on any atom is -0.355 e. The fraction of sp³-hybridized carbons (Fsp3) is 0.579. The Labute approximate surface area is 150 Å². The Kier molecular flexibility index (Phi) is 7.25. The second-order valence-electron chi connectivity index (χ2n) is 6.48. The van der Waals surface area contributed by atoms with Crippen LogP contribution in [0.4, 0.5) is 4.79 Å². The number of likely N-dealkylation sites (N-methyl/N-ethyl adjacent to an activating group) is 2. The largest absolute Gasteiger partial charge is 0.355 e. The SMILES string of the molecule is CCNC(=O)CN(CC)C(=O)N[C@H]1CCN([C@H](C)c2ccccc2)C1. The van der Waals surface area contributed by atoms with Gasteiger partial charge in [0.1, 0.15) is 6.54 Å². The number of urea groups is 1. The van der Waals surface area contributed by atoms with Crippen LogP contribution in [0.2, 0.25) is 0 Å². The molecule has 0 saturated carbocycles. The molecule has 0 unspecified atom stereocenters. The Morgan fingerprint density at radius 3 is 2.64 bits per heavy atom. The summed E-state index contributed by atoms with van der Waals surface area (Å²) in [7, 11) is 0. The van der Waals surface area contributed by atoms with Gasteiger partial charge in [-0.2, -0.15) is 0 Å². The van der Waals surface area contributed by atoms with Gasteiger partial charge in [-0.3, -0.25) is 9.69 Å². The molecule has 2 atom stereocenters. The number of benzene rings is 1. The molecule has 138 valence electrons. The van der Waals surface area contributed by atoms with Crippen molar-refractivity contribution in [1.29, 1.82) is 0 Å². The first-order valence-electron chi connectivity index (χ1n) is 9.16. The van der Waals surface area contributed by atoms with Gasteiger partial charge in [0.15, 0.2) is 0 Å². The van der Waals surface area contributed by atoms with Crippen molar-refractivity contribution in [1.82, 2.24) is 20.4 Å². The third-order valence-electron chi connectivity index (χ3n) is 4.75. The lowest BCUT2D eigenvalue weighted by atomic mass is 10.1. The van der Waals surface area contributed by atoms with Gasteiger partial charge in [0.25, 0.3) is 0 Å². The maximum absolute atomic E-state index is 12.4. The molecule has 1 aliphatic rings. The number of rotatable bonds is 7. The van der Waals surface area contributed by atoms with Crippen molar-refractivity contribution in [3.8, 4) is 0 Å². The van der Waals surface area contributed by atoms with Gasteiger partial charge >= 0.3 is 6.03 Å². The van der Waals surface area contributed by atoms with Crippen LogP contribution in [0, 0.1) is 0 Å². The summed E-state index contributed by atoms with van der Waals surface area (Å²) in [6, 6.07) is 10.7. The third kappa shape index (κ3) is 5.46. The van der Waals surface area contributed by atoms with E-state index in [0.29, 0.717) is 19.1 Å². The predicted molar refractivity (Wildman–Crippen MR) is 99.3 cm³/mol. The van der Waals surface area contributed by atoms with Crippen LogP contribution in [-0.4, -0.2) is 60.5 Å². The van der Waals surface area contributed by atoms with Gasteiger partial charge in [0, 0.05) is 38.3 Å². The van der Waals surface area contributed by atoms with Crippen LogP contribution in [-0.2, 0) is 4.79 Å². The Balaban J connectivity index is 1.85. The summed E-state index contributed by atoms with van der Waals surface area (Å²) < 4.78 is 0. The normalized spacial score (nSPS) is 18.6. The Morgan fingerprint density at radius 2 is 2.00 bits per heavy atom. The molecule has 2 N–H and O–H groups in total. The van der Waals surface area contributed by atoms with Crippen LogP contribution in [0.25, 0.3) is 0 Å². The number of hydrogen-bond donors (Lipinski definition) is 2. The minimum atomic E-state index is -0.159. The van der Waals surface area contributed by atoms with Gasteiger partial charge in [0.2, 0.25) is 5.91 Å². The summed E-state index contributed by atoms with van der Waals surface area (Å²) in [5.41, 5.74) is 1.29. The lowest BCUT2D eigenvalue weighted by Gasteiger charge is -2.26.